The number of nitrogens with zero attached hydrogens (tertiary/aromatic N) is 3. The fourth-order valence-electron chi connectivity index (χ4n) is 4.20. The third-order valence-corrected chi connectivity index (χ3v) is 8.62. The van der Waals surface area contributed by atoms with Gasteiger partial charge in [-0.2, -0.15) is 0 Å². The maximum atomic E-state index is 12.4. The number of carbonyl (C=O) groups is 5. The number of hydrogen-bond donors (Lipinski definition) is 1. The SMILES string of the molecule is O=C([O-])CN(CCN(CCN(CC(=O)[O-])CC(=O)[O-])[C@@H](Cc1cc(I)c(Oc2ccc(O)c(I)c2)c(I)c1)C(=O)[O-])CC(=O)[O-]. The van der Waals surface area contributed by atoms with Crippen LogP contribution in [0.15, 0.2) is 30.3 Å². The van der Waals surface area contributed by atoms with Crippen molar-refractivity contribution in [2.75, 3.05) is 52.4 Å². The van der Waals surface area contributed by atoms with E-state index < -0.39 is 62.1 Å². The first-order chi connectivity index (χ1) is 21.0. The second kappa shape index (κ2) is 18.6. The van der Waals surface area contributed by atoms with Crippen molar-refractivity contribution in [3.63, 3.8) is 0 Å². The van der Waals surface area contributed by atoms with Gasteiger partial charge < -0.3 is 59.3 Å². The lowest BCUT2D eigenvalue weighted by Gasteiger charge is -2.36. The van der Waals surface area contributed by atoms with Gasteiger partial charge in [-0.1, -0.05) is 0 Å². The Kier molecular flexibility index (Phi) is 15.9. The van der Waals surface area contributed by atoms with E-state index in [2.05, 4.69) is 0 Å². The predicted octanol–water partition coefficient (Wildman–Crippen LogP) is -4.44. The Morgan fingerprint density at radius 3 is 1.51 bits per heavy atom. The highest BCUT2D eigenvalue weighted by Crippen LogP contribution is 2.35. The number of carbonyl (C=O) groups excluding carboxylic acids is 5. The molecule has 0 unspecified atom stereocenters. The number of carboxylic acid groups (broad SMARTS) is 5. The Morgan fingerprint density at radius 2 is 1.13 bits per heavy atom. The molecule has 0 saturated heterocycles. The van der Waals surface area contributed by atoms with E-state index in [0.717, 1.165) is 9.80 Å². The standard InChI is InChI=1S/C27H30I3N3O12/c28-17-10-16(1-2-21(17)34)45-26-18(29)7-15(8-19(26)30)9-20(27(43)44)33(5-3-31(11-22(35)36)12-23(37)38)6-4-32(13-24(39)40)14-25(41)42/h1-2,7-8,10,20,34H,3-6,9,11-14H2,(H,35,36)(H,37,38)(H,39,40)(H,41,42)(H,43,44)/p-5/t20-/m0/s1. The normalized spacial score (nSPS) is 12.0. The van der Waals surface area contributed by atoms with Crippen LogP contribution in [0.1, 0.15) is 5.56 Å². The second-order valence-corrected chi connectivity index (χ2v) is 13.1. The first-order valence-corrected chi connectivity index (χ1v) is 16.1. The van der Waals surface area contributed by atoms with Gasteiger partial charge in [-0.25, -0.2) is 0 Å². The van der Waals surface area contributed by atoms with Crippen LogP contribution in [0.5, 0.6) is 17.2 Å². The average Bonchev–Trinajstić information content (AvgIpc) is 2.90. The van der Waals surface area contributed by atoms with Crippen LogP contribution in [0.25, 0.3) is 0 Å². The molecule has 0 aliphatic carbocycles. The molecular weight excluding hydrogens is 939 g/mol. The summed E-state index contributed by atoms with van der Waals surface area (Å²) in [5.41, 5.74) is 0.526. The molecule has 2 aromatic carbocycles. The monoisotopic (exact) mass is 964 g/mol. The summed E-state index contributed by atoms with van der Waals surface area (Å²) in [6.45, 7) is -4.21. The molecular formula is C27H25I3N3O12-5. The molecule has 2 aromatic rings. The van der Waals surface area contributed by atoms with E-state index in [-0.39, 0.29) is 38.3 Å². The maximum absolute atomic E-state index is 12.4. The van der Waals surface area contributed by atoms with E-state index in [1.165, 1.54) is 11.0 Å². The highest BCUT2D eigenvalue weighted by Gasteiger charge is 2.24. The molecule has 1 N–H and O–H groups in total. The van der Waals surface area contributed by atoms with Crippen LogP contribution in [0.2, 0.25) is 0 Å². The quantitative estimate of drug-likeness (QED) is 0.123. The summed E-state index contributed by atoms with van der Waals surface area (Å²) in [5, 5.41) is 66.8. The van der Waals surface area contributed by atoms with E-state index >= 15 is 0 Å². The topological polar surface area (TPSA) is 240 Å². The molecule has 18 heteroatoms. The summed E-state index contributed by atoms with van der Waals surface area (Å²) in [6.07, 6.45) is -0.159. The van der Waals surface area contributed by atoms with Crippen LogP contribution < -0.4 is 30.3 Å². The Balaban J connectivity index is 2.38. The number of phenolic OH excluding ortho intramolecular Hbond substituents is 1. The molecule has 0 aromatic heterocycles. The summed E-state index contributed by atoms with van der Waals surface area (Å²) in [7, 11) is 0. The van der Waals surface area contributed by atoms with E-state index in [9.17, 15) is 54.6 Å². The van der Waals surface area contributed by atoms with Crippen molar-refractivity contribution in [3.05, 3.63) is 46.6 Å². The lowest BCUT2D eigenvalue weighted by Crippen LogP contribution is -2.55. The molecule has 0 spiro atoms. The van der Waals surface area contributed by atoms with Crippen molar-refractivity contribution < 1.29 is 59.3 Å². The number of phenols is 1. The van der Waals surface area contributed by atoms with E-state index in [4.69, 9.17) is 4.74 Å². The second-order valence-electron chi connectivity index (χ2n) is 9.59. The first kappa shape index (κ1) is 38.6. The first-order valence-electron chi connectivity index (χ1n) is 12.9. The van der Waals surface area contributed by atoms with Crippen molar-refractivity contribution in [2.45, 2.75) is 12.5 Å². The van der Waals surface area contributed by atoms with Gasteiger partial charge in [0.15, 0.2) is 5.75 Å². The molecule has 0 amide bonds. The van der Waals surface area contributed by atoms with Gasteiger partial charge in [-0.15, -0.1) is 0 Å². The highest BCUT2D eigenvalue weighted by atomic mass is 127. The summed E-state index contributed by atoms with van der Waals surface area (Å²) in [6, 6.07) is 6.64. The minimum absolute atomic E-state index is 0.0883. The smallest absolute Gasteiger partial charge is 0.154 e. The van der Waals surface area contributed by atoms with Crippen molar-refractivity contribution in [2.24, 2.45) is 0 Å². The number of benzene rings is 2. The Labute approximate surface area is 298 Å². The van der Waals surface area contributed by atoms with Gasteiger partial charge in [0.25, 0.3) is 0 Å². The Bertz CT molecular complexity index is 1320. The minimum Gasteiger partial charge on any atom is -0.549 e. The van der Waals surface area contributed by atoms with E-state index in [0.29, 0.717) is 27.8 Å². The number of carboxylic acids is 5. The third-order valence-electron chi connectivity index (χ3n) is 6.16. The number of aliphatic carboxylic acids is 5. The van der Waals surface area contributed by atoms with Gasteiger partial charge >= 0.3 is 0 Å². The zero-order valence-corrected chi connectivity index (χ0v) is 29.7. The van der Waals surface area contributed by atoms with Crippen LogP contribution in [-0.2, 0) is 30.4 Å². The molecule has 0 saturated carbocycles. The van der Waals surface area contributed by atoms with Crippen LogP contribution in [0.4, 0.5) is 0 Å². The Morgan fingerprint density at radius 1 is 0.689 bits per heavy atom. The summed E-state index contributed by atoms with van der Waals surface area (Å²) >= 11 is 5.98. The molecule has 0 heterocycles. The maximum Gasteiger partial charge on any atom is 0.154 e. The zero-order chi connectivity index (χ0) is 33.8. The summed E-state index contributed by atoms with van der Waals surface area (Å²) < 4.78 is 7.79. The molecule has 246 valence electrons. The predicted molar refractivity (Wildman–Crippen MR) is 170 cm³/mol. The summed E-state index contributed by atoms with van der Waals surface area (Å²) in [4.78, 5) is 60.2. The zero-order valence-electron chi connectivity index (χ0n) is 23.2. The number of ether oxygens (including phenoxy) is 1. The molecule has 0 bridgehead atoms. The van der Waals surface area contributed by atoms with Crippen LogP contribution in [0, 0.1) is 10.7 Å². The van der Waals surface area contributed by atoms with E-state index in [1.807, 2.05) is 67.8 Å². The van der Waals surface area contributed by atoms with Gasteiger partial charge in [0.2, 0.25) is 0 Å². The Hall–Kier alpha value is -2.54. The van der Waals surface area contributed by atoms with Gasteiger partial charge in [-0.05, 0) is 110 Å². The lowest BCUT2D eigenvalue weighted by atomic mass is 10.0. The third kappa shape index (κ3) is 13.8. The number of rotatable bonds is 20. The van der Waals surface area contributed by atoms with E-state index in [1.54, 1.807) is 24.3 Å². The molecule has 2 rings (SSSR count). The van der Waals surface area contributed by atoms with Gasteiger partial charge in [0.05, 0.1) is 46.6 Å². The fourth-order valence-corrected chi connectivity index (χ4v) is 6.81. The average molecular weight is 964 g/mol. The van der Waals surface area contributed by atoms with Crippen molar-refractivity contribution >= 4 is 97.6 Å². The molecule has 0 aliphatic rings. The van der Waals surface area contributed by atoms with Gasteiger partial charge in [0, 0.05) is 52.4 Å². The van der Waals surface area contributed by atoms with Gasteiger partial charge in [0.1, 0.15) is 11.5 Å². The van der Waals surface area contributed by atoms with Crippen LogP contribution in [0.3, 0.4) is 0 Å². The number of aromatic hydroxyl groups is 1. The lowest BCUT2D eigenvalue weighted by molar-refractivity contribution is -0.314. The van der Waals surface area contributed by atoms with Crippen LogP contribution >= 0.6 is 67.8 Å². The van der Waals surface area contributed by atoms with Crippen LogP contribution in [-0.4, -0.2) is 108 Å². The molecule has 15 nitrogen and oxygen atoms in total. The molecule has 0 aliphatic heterocycles. The highest BCUT2D eigenvalue weighted by molar-refractivity contribution is 14.1. The summed E-state index contributed by atoms with van der Waals surface area (Å²) in [5.74, 6) is -6.85. The molecule has 0 fully saturated rings. The molecule has 1 atom stereocenters. The fraction of sp³-hybridized carbons (Fsp3) is 0.370. The number of halogens is 3. The largest absolute Gasteiger partial charge is 0.549 e. The number of hydrogen-bond acceptors (Lipinski definition) is 15. The minimum atomic E-state index is -1.58. The molecule has 0 radical (unpaired) electrons. The molecule has 45 heavy (non-hydrogen) atoms. The van der Waals surface area contributed by atoms with Gasteiger partial charge in [-0.3, -0.25) is 14.7 Å². The van der Waals surface area contributed by atoms with Crippen molar-refractivity contribution in [1.29, 1.82) is 0 Å². The van der Waals surface area contributed by atoms with Crippen molar-refractivity contribution in [1.82, 2.24) is 14.7 Å². The van der Waals surface area contributed by atoms with Crippen molar-refractivity contribution in [3.8, 4) is 17.2 Å².